The zero-order valence-corrected chi connectivity index (χ0v) is 19.9. The molecular formula is C23H24N4O7S. The van der Waals surface area contributed by atoms with E-state index >= 15 is 0 Å². The first kappa shape index (κ1) is 24.5. The van der Waals surface area contributed by atoms with Gasteiger partial charge in [0, 0.05) is 38.3 Å². The number of methoxy groups -OCH3 is 2. The quantitative estimate of drug-likeness (QED) is 0.329. The minimum absolute atomic E-state index is 0.0474. The van der Waals surface area contributed by atoms with Crippen LogP contribution in [0.5, 0.6) is 0 Å². The Balaban J connectivity index is 1.45. The van der Waals surface area contributed by atoms with Crippen LogP contribution in [0.15, 0.2) is 68.3 Å². The van der Waals surface area contributed by atoms with Crippen LogP contribution in [0.1, 0.15) is 10.4 Å². The molecule has 12 heteroatoms. The Kier molecular flexibility index (Phi) is 7.56. The van der Waals surface area contributed by atoms with Gasteiger partial charge in [0.25, 0.3) is 11.8 Å². The number of hydrogen-bond donors (Lipinski definition) is 1. The van der Waals surface area contributed by atoms with Crippen molar-refractivity contribution in [1.29, 1.82) is 0 Å². The molecule has 184 valence electrons. The van der Waals surface area contributed by atoms with Crippen molar-refractivity contribution < 1.29 is 31.5 Å². The summed E-state index contributed by atoms with van der Waals surface area (Å²) in [6.07, 6.45) is 0. The SMILES string of the molecule is COCCN(CCOC)S(=O)(=O)c1ccc(C(=O)Nc2nnc(-c3cc4ccccc4o3)o2)cc1. The number of amides is 1. The van der Waals surface area contributed by atoms with Crippen LogP contribution < -0.4 is 5.32 Å². The highest BCUT2D eigenvalue weighted by atomic mass is 32.2. The molecular weight excluding hydrogens is 476 g/mol. The summed E-state index contributed by atoms with van der Waals surface area (Å²) < 4.78 is 48.5. The van der Waals surface area contributed by atoms with E-state index < -0.39 is 15.9 Å². The maximum atomic E-state index is 13.0. The van der Waals surface area contributed by atoms with Crippen LogP contribution in [0.4, 0.5) is 6.01 Å². The number of hydrogen-bond acceptors (Lipinski definition) is 9. The van der Waals surface area contributed by atoms with Crippen LogP contribution in [0.25, 0.3) is 22.6 Å². The topological polar surface area (TPSA) is 137 Å². The molecule has 1 amide bonds. The maximum absolute atomic E-state index is 13.0. The van der Waals surface area contributed by atoms with Crippen molar-refractivity contribution in [2.45, 2.75) is 4.90 Å². The van der Waals surface area contributed by atoms with E-state index in [0.717, 1.165) is 5.39 Å². The first-order chi connectivity index (χ1) is 16.9. The van der Waals surface area contributed by atoms with Crippen molar-refractivity contribution in [2.24, 2.45) is 0 Å². The van der Waals surface area contributed by atoms with Crippen LogP contribution in [0.3, 0.4) is 0 Å². The smallest absolute Gasteiger partial charge is 0.322 e. The third-order valence-electron chi connectivity index (χ3n) is 5.13. The van der Waals surface area contributed by atoms with Gasteiger partial charge >= 0.3 is 6.01 Å². The molecule has 0 aliphatic carbocycles. The summed E-state index contributed by atoms with van der Waals surface area (Å²) in [5.41, 5.74) is 0.886. The van der Waals surface area contributed by atoms with Crippen LogP contribution in [-0.4, -0.2) is 69.4 Å². The molecule has 4 aromatic rings. The van der Waals surface area contributed by atoms with Gasteiger partial charge < -0.3 is 18.3 Å². The minimum atomic E-state index is -3.80. The lowest BCUT2D eigenvalue weighted by Crippen LogP contribution is -2.36. The molecule has 0 unspecified atom stereocenters. The normalized spacial score (nSPS) is 11.9. The van der Waals surface area contributed by atoms with Gasteiger partial charge in [0.05, 0.1) is 18.1 Å². The Morgan fingerprint density at radius 2 is 1.66 bits per heavy atom. The fourth-order valence-electron chi connectivity index (χ4n) is 3.30. The van der Waals surface area contributed by atoms with Gasteiger partial charge in [-0.25, -0.2) is 8.42 Å². The first-order valence-corrected chi connectivity index (χ1v) is 12.1. The Morgan fingerprint density at radius 1 is 0.971 bits per heavy atom. The van der Waals surface area contributed by atoms with E-state index in [-0.39, 0.29) is 48.7 Å². The zero-order valence-electron chi connectivity index (χ0n) is 19.1. The number of carbonyl (C=O) groups excluding carboxylic acids is 1. The predicted octanol–water partition coefficient (Wildman–Crippen LogP) is 3.02. The second kappa shape index (κ2) is 10.8. The number of para-hydroxylation sites is 1. The third kappa shape index (κ3) is 5.57. The Labute approximate surface area is 201 Å². The van der Waals surface area contributed by atoms with Crippen LogP contribution >= 0.6 is 0 Å². The maximum Gasteiger partial charge on any atom is 0.322 e. The lowest BCUT2D eigenvalue weighted by molar-refractivity contribution is 0.102. The summed E-state index contributed by atoms with van der Waals surface area (Å²) in [6, 6.07) is 14.6. The summed E-state index contributed by atoms with van der Waals surface area (Å²) in [5, 5.41) is 11.1. The van der Waals surface area contributed by atoms with Gasteiger partial charge in [0.1, 0.15) is 5.58 Å². The lowest BCUT2D eigenvalue weighted by Gasteiger charge is -2.21. The molecule has 2 aromatic carbocycles. The lowest BCUT2D eigenvalue weighted by atomic mass is 10.2. The van der Waals surface area contributed by atoms with Crippen LogP contribution in [0, 0.1) is 0 Å². The number of carbonyl (C=O) groups is 1. The zero-order chi connectivity index (χ0) is 24.8. The van der Waals surface area contributed by atoms with E-state index in [1.54, 1.807) is 6.07 Å². The van der Waals surface area contributed by atoms with Crippen molar-refractivity contribution >= 4 is 32.9 Å². The van der Waals surface area contributed by atoms with Gasteiger partial charge in [-0.3, -0.25) is 10.1 Å². The molecule has 11 nitrogen and oxygen atoms in total. The van der Waals surface area contributed by atoms with Crippen molar-refractivity contribution in [3.05, 3.63) is 60.2 Å². The summed E-state index contributed by atoms with van der Waals surface area (Å²) in [6.45, 7) is 0.831. The summed E-state index contributed by atoms with van der Waals surface area (Å²) in [4.78, 5) is 12.7. The van der Waals surface area contributed by atoms with Crippen molar-refractivity contribution in [3.63, 3.8) is 0 Å². The fraction of sp³-hybridized carbons (Fsp3) is 0.261. The molecule has 0 radical (unpaired) electrons. The summed E-state index contributed by atoms with van der Waals surface area (Å²) in [7, 11) is -0.800. The molecule has 4 rings (SSSR count). The van der Waals surface area contributed by atoms with Gasteiger partial charge in [-0.2, -0.15) is 4.31 Å². The molecule has 0 atom stereocenters. The van der Waals surface area contributed by atoms with Gasteiger partial charge in [-0.1, -0.05) is 23.3 Å². The summed E-state index contributed by atoms with van der Waals surface area (Å²) in [5.74, 6) is -0.0465. The highest BCUT2D eigenvalue weighted by molar-refractivity contribution is 7.89. The molecule has 0 aliphatic rings. The molecule has 0 saturated carbocycles. The number of fused-ring (bicyclic) bond motifs is 1. The Morgan fingerprint density at radius 3 is 2.31 bits per heavy atom. The van der Waals surface area contributed by atoms with Gasteiger partial charge in [0.2, 0.25) is 10.0 Å². The molecule has 0 aliphatic heterocycles. The number of benzene rings is 2. The molecule has 0 fully saturated rings. The number of aromatic nitrogens is 2. The van der Waals surface area contributed by atoms with Gasteiger partial charge in [-0.05, 0) is 36.4 Å². The van der Waals surface area contributed by atoms with E-state index in [0.29, 0.717) is 11.3 Å². The van der Waals surface area contributed by atoms with E-state index in [4.69, 9.17) is 18.3 Å². The largest absolute Gasteiger partial charge is 0.451 e. The van der Waals surface area contributed by atoms with Crippen molar-refractivity contribution in [3.8, 4) is 11.7 Å². The number of anilines is 1. The van der Waals surface area contributed by atoms with Crippen LogP contribution in [0.2, 0.25) is 0 Å². The standard InChI is InChI=1S/C23H24N4O7S/c1-31-13-11-27(12-14-32-2)35(29,30)18-9-7-16(8-10-18)21(28)24-23-26-25-22(34-23)20-15-17-5-3-4-6-19(17)33-20/h3-10,15H,11-14H2,1-2H3,(H,24,26,28). The second-order valence-electron chi connectivity index (χ2n) is 7.43. The Hall–Kier alpha value is -3.58. The molecule has 35 heavy (non-hydrogen) atoms. The number of nitrogens with one attached hydrogen (secondary N) is 1. The number of furan rings is 1. The van der Waals surface area contributed by atoms with E-state index in [2.05, 4.69) is 15.5 Å². The number of sulfonamides is 1. The third-order valence-corrected chi connectivity index (χ3v) is 7.04. The number of ether oxygens (including phenoxy) is 2. The average molecular weight is 501 g/mol. The predicted molar refractivity (Wildman–Crippen MR) is 126 cm³/mol. The van der Waals surface area contributed by atoms with Gasteiger partial charge in [-0.15, -0.1) is 5.10 Å². The van der Waals surface area contributed by atoms with E-state index in [9.17, 15) is 13.2 Å². The van der Waals surface area contributed by atoms with E-state index in [1.807, 2.05) is 24.3 Å². The van der Waals surface area contributed by atoms with Crippen LogP contribution in [-0.2, 0) is 19.5 Å². The summed E-state index contributed by atoms with van der Waals surface area (Å²) >= 11 is 0. The first-order valence-electron chi connectivity index (χ1n) is 10.6. The van der Waals surface area contributed by atoms with E-state index in [1.165, 1.54) is 42.8 Å². The molecule has 0 spiro atoms. The molecule has 0 saturated heterocycles. The second-order valence-corrected chi connectivity index (χ2v) is 9.37. The molecule has 2 heterocycles. The van der Waals surface area contributed by atoms with Crippen molar-refractivity contribution in [2.75, 3.05) is 45.8 Å². The van der Waals surface area contributed by atoms with Crippen molar-refractivity contribution in [1.82, 2.24) is 14.5 Å². The molecule has 1 N–H and O–H groups in total. The average Bonchev–Trinajstić information content (AvgIpc) is 3.51. The monoisotopic (exact) mass is 500 g/mol. The molecule has 2 aromatic heterocycles. The van der Waals surface area contributed by atoms with Gasteiger partial charge in [0.15, 0.2) is 5.76 Å². The Bertz CT molecular complexity index is 1360. The highest BCUT2D eigenvalue weighted by Gasteiger charge is 2.24. The number of rotatable bonds is 11. The minimum Gasteiger partial charge on any atom is -0.451 e. The highest BCUT2D eigenvalue weighted by Crippen LogP contribution is 2.27. The number of nitrogens with zero attached hydrogens (tertiary/aromatic N) is 3. The molecule has 0 bridgehead atoms. The fourth-order valence-corrected chi connectivity index (χ4v) is 4.70.